The summed E-state index contributed by atoms with van der Waals surface area (Å²) in [5, 5.41) is 9.27. The molecule has 1 aromatic carbocycles. The van der Waals surface area contributed by atoms with Gasteiger partial charge in [0.25, 0.3) is 12.3 Å². The predicted octanol–water partition coefficient (Wildman–Crippen LogP) is 3.74. The molecule has 0 radical (unpaired) electrons. The van der Waals surface area contributed by atoms with E-state index in [2.05, 4.69) is 20.7 Å². The van der Waals surface area contributed by atoms with Crippen LogP contribution in [0.5, 0.6) is 0 Å². The lowest BCUT2D eigenvalue weighted by atomic mass is 10.0. The van der Waals surface area contributed by atoms with Crippen molar-refractivity contribution in [2.24, 2.45) is 17.4 Å². The molecule has 0 saturated heterocycles. The average Bonchev–Trinajstić information content (AvgIpc) is 3.52. The summed E-state index contributed by atoms with van der Waals surface area (Å²) in [6, 6.07) is 4.78. The van der Waals surface area contributed by atoms with Crippen molar-refractivity contribution >= 4 is 34.1 Å². The summed E-state index contributed by atoms with van der Waals surface area (Å²) in [5.41, 5.74) is 11.4. The zero-order valence-corrected chi connectivity index (χ0v) is 18.4. The van der Waals surface area contributed by atoms with Crippen molar-refractivity contribution in [1.82, 2.24) is 14.8 Å². The van der Waals surface area contributed by atoms with Crippen LogP contribution in [0.15, 0.2) is 24.3 Å². The van der Waals surface area contributed by atoms with E-state index in [4.69, 9.17) is 11.5 Å². The van der Waals surface area contributed by atoms with Crippen LogP contribution in [-0.4, -0.2) is 39.2 Å². The van der Waals surface area contributed by atoms with Gasteiger partial charge in [-0.2, -0.15) is 4.39 Å². The number of carbonyl (C=O) groups is 1. The van der Waals surface area contributed by atoms with E-state index in [-0.39, 0.29) is 45.9 Å². The van der Waals surface area contributed by atoms with Gasteiger partial charge < -0.3 is 22.1 Å². The minimum atomic E-state index is -2.73. The standard InChI is InChI=1S/C22H25F4N7O/c1-10(27)15(7-11-5-6-11)30-22-13(23)8-12(20(28)34)21(31-22)29-14-3-2-4-16-18(14)19(26)32-33(16)9-17(24)25/h2-4,8,10-11,15,17H,5-7,9,27H2,1H3,(H2,28,34)(H2,29,30,31)/t10-,15+/m0/s1. The van der Waals surface area contributed by atoms with Gasteiger partial charge in [0.2, 0.25) is 5.95 Å². The number of amides is 1. The SMILES string of the molecule is C[C@H](N)[C@@H](CC1CC1)Nc1nc(Nc2cccc3c2c(F)nn3CC(F)F)c(C(N)=O)cc1F. The first-order valence-electron chi connectivity index (χ1n) is 10.9. The molecule has 2 atom stereocenters. The Labute approximate surface area is 192 Å². The number of rotatable bonds is 10. The van der Waals surface area contributed by atoms with Crippen molar-refractivity contribution in [3.63, 3.8) is 0 Å². The fourth-order valence-electron chi connectivity index (χ4n) is 3.85. The summed E-state index contributed by atoms with van der Waals surface area (Å²) in [4.78, 5) is 16.2. The molecule has 3 aromatic rings. The largest absolute Gasteiger partial charge is 0.365 e. The molecule has 1 fully saturated rings. The van der Waals surface area contributed by atoms with Gasteiger partial charge in [-0.25, -0.2) is 18.2 Å². The quantitative estimate of drug-likeness (QED) is 0.329. The smallest absolute Gasteiger partial charge is 0.257 e. The molecule has 1 amide bonds. The van der Waals surface area contributed by atoms with Crippen molar-refractivity contribution in [1.29, 1.82) is 0 Å². The summed E-state index contributed by atoms with van der Waals surface area (Å²) in [6.07, 6.45) is 0.181. The number of carbonyl (C=O) groups excluding carboxylic acids is 1. The molecule has 0 aliphatic heterocycles. The second-order valence-electron chi connectivity index (χ2n) is 8.56. The van der Waals surface area contributed by atoms with Gasteiger partial charge in [-0.05, 0) is 37.5 Å². The van der Waals surface area contributed by atoms with E-state index in [1.165, 1.54) is 18.2 Å². The van der Waals surface area contributed by atoms with Crippen LogP contribution in [0, 0.1) is 17.7 Å². The Bertz CT molecular complexity index is 1210. The summed E-state index contributed by atoms with van der Waals surface area (Å²) >= 11 is 0. The van der Waals surface area contributed by atoms with Crippen LogP contribution >= 0.6 is 0 Å². The minimum Gasteiger partial charge on any atom is -0.365 e. The average molecular weight is 479 g/mol. The summed E-state index contributed by atoms with van der Waals surface area (Å²) in [6.45, 7) is 1.01. The van der Waals surface area contributed by atoms with Gasteiger partial charge in [0.05, 0.1) is 22.2 Å². The number of pyridine rings is 1. The second kappa shape index (κ2) is 9.45. The van der Waals surface area contributed by atoms with Crippen LogP contribution in [0.1, 0.15) is 36.5 Å². The number of anilines is 3. The van der Waals surface area contributed by atoms with Crippen LogP contribution in [0.25, 0.3) is 10.9 Å². The molecular formula is C22H25F4N7O. The molecule has 1 saturated carbocycles. The van der Waals surface area contributed by atoms with Gasteiger partial charge in [0, 0.05) is 12.1 Å². The minimum absolute atomic E-state index is 0.0820. The van der Waals surface area contributed by atoms with Gasteiger partial charge in [-0.1, -0.05) is 18.9 Å². The topological polar surface area (TPSA) is 124 Å². The van der Waals surface area contributed by atoms with Crippen molar-refractivity contribution in [2.75, 3.05) is 10.6 Å². The molecule has 4 rings (SSSR count). The molecule has 1 aliphatic rings. The maximum Gasteiger partial charge on any atom is 0.257 e. The molecule has 12 heteroatoms. The molecule has 6 N–H and O–H groups in total. The molecule has 0 unspecified atom stereocenters. The maximum absolute atomic E-state index is 14.8. The number of fused-ring (bicyclic) bond motifs is 1. The molecule has 8 nitrogen and oxygen atoms in total. The first kappa shape index (κ1) is 23.7. The lowest BCUT2D eigenvalue weighted by Crippen LogP contribution is -2.39. The number of nitrogens with two attached hydrogens (primary N) is 2. The van der Waals surface area contributed by atoms with Gasteiger partial charge >= 0.3 is 0 Å². The van der Waals surface area contributed by atoms with Gasteiger partial charge in [0.1, 0.15) is 12.4 Å². The van der Waals surface area contributed by atoms with Crippen molar-refractivity contribution in [3.05, 3.63) is 41.6 Å². The monoisotopic (exact) mass is 479 g/mol. The number of alkyl halides is 2. The Morgan fingerprint density at radius 1 is 1.26 bits per heavy atom. The molecular weight excluding hydrogens is 454 g/mol. The molecule has 34 heavy (non-hydrogen) atoms. The van der Waals surface area contributed by atoms with Crippen LogP contribution in [-0.2, 0) is 6.54 Å². The van der Waals surface area contributed by atoms with Gasteiger partial charge in [0.15, 0.2) is 11.6 Å². The van der Waals surface area contributed by atoms with E-state index in [1.807, 2.05) is 0 Å². The van der Waals surface area contributed by atoms with Crippen LogP contribution in [0.2, 0.25) is 0 Å². The van der Waals surface area contributed by atoms with Crippen molar-refractivity contribution in [3.8, 4) is 0 Å². The molecule has 2 heterocycles. The summed E-state index contributed by atoms with van der Waals surface area (Å²) in [5.74, 6) is -2.49. The Balaban J connectivity index is 1.72. The number of nitrogens with zero attached hydrogens (tertiary/aromatic N) is 3. The molecule has 0 bridgehead atoms. The third kappa shape index (κ3) is 5.06. The number of nitrogens with one attached hydrogen (secondary N) is 2. The van der Waals surface area contributed by atoms with Crippen LogP contribution in [0.3, 0.4) is 0 Å². The number of benzene rings is 1. The number of halogens is 4. The van der Waals surface area contributed by atoms with Crippen LogP contribution in [0.4, 0.5) is 34.9 Å². The highest BCUT2D eigenvalue weighted by molar-refractivity contribution is 6.00. The van der Waals surface area contributed by atoms with Crippen molar-refractivity contribution < 1.29 is 22.4 Å². The third-order valence-electron chi connectivity index (χ3n) is 5.78. The first-order valence-corrected chi connectivity index (χ1v) is 10.9. The fraction of sp³-hybridized carbons (Fsp3) is 0.409. The third-order valence-corrected chi connectivity index (χ3v) is 5.78. The van der Waals surface area contributed by atoms with E-state index in [0.717, 1.165) is 30.0 Å². The number of aromatic nitrogens is 3. The normalized spacial score (nSPS) is 15.5. The highest BCUT2D eigenvalue weighted by Gasteiger charge is 2.28. The highest BCUT2D eigenvalue weighted by Crippen LogP contribution is 2.35. The molecule has 1 aliphatic carbocycles. The summed E-state index contributed by atoms with van der Waals surface area (Å²) < 4.78 is 56.0. The summed E-state index contributed by atoms with van der Waals surface area (Å²) in [7, 11) is 0. The number of hydrogen-bond donors (Lipinski definition) is 4. The van der Waals surface area contributed by atoms with E-state index >= 15 is 0 Å². The van der Waals surface area contributed by atoms with Gasteiger partial charge in [-0.15, -0.1) is 5.10 Å². The lowest BCUT2D eigenvalue weighted by molar-refractivity contribution is 0.1000. The van der Waals surface area contributed by atoms with Crippen molar-refractivity contribution in [2.45, 2.75) is 51.2 Å². The lowest BCUT2D eigenvalue weighted by Gasteiger charge is -2.24. The Morgan fingerprint density at radius 3 is 2.62 bits per heavy atom. The Morgan fingerprint density at radius 2 is 2.00 bits per heavy atom. The Hall–Kier alpha value is -3.41. The zero-order chi connectivity index (χ0) is 24.6. The molecule has 182 valence electrons. The fourth-order valence-corrected chi connectivity index (χ4v) is 3.85. The van der Waals surface area contributed by atoms with E-state index in [1.54, 1.807) is 6.92 Å². The number of hydrogen-bond acceptors (Lipinski definition) is 6. The van der Waals surface area contributed by atoms with Crippen LogP contribution < -0.4 is 22.1 Å². The van der Waals surface area contributed by atoms with E-state index in [0.29, 0.717) is 5.92 Å². The predicted molar refractivity (Wildman–Crippen MR) is 120 cm³/mol. The second-order valence-corrected chi connectivity index (χ2v) is 8.56. The highest BCUT2D eigenvalue weighted by atomic mass is 19.3. The molecule has 0 spiro atoms. The zero-order valence-electron chi connectivity index (χ0n) is 18.4. The Kier molecular flexibility index (Phi) is 6.60. The van der Waals surface area contributed by atoms with E-state index < -0.39 is 30.6 Å². The van der Waals surface area contributed by atoms with Gasteiger partial charge in [-0.3, -0.25) is 9.48 Å². The maximum atomic E-state index is 14.8. The van der Waals surface area contributed by atoms with E-state index in [9.17, 15) is 22.4 Å². The number of primary amides is 1. The first-order chi connectivity index (χ1) is 16.1. The molecule has 2 aromatic heterocycles.